The Hall–Kier alpha value is -0.0400. The molecule has 0 aromatic carbocycles. The van der Waals surface area contributed by atoms with Crippen molar-refractivity contribution in [1.82, 2.24) is 0 Å². The third-order valence-corrected chi connectivity index (χ3v) is 2.96. The van der Waals surface area contributed by atoms with Gasteiger partial charge in [0.15, 0.2) is 0 Å². The topological polar surface area (TPSA) is 26.0 Å². The lowest BCUT2D eigenvalue weighted by molar-refractivity contribution is 0.376. The van der Waals surface area contributed by atoms with E-state index in [-0.39, 0.29) is 0 Å². The van der Waals surface area contributed by atoms with Gasteiger partial charge < -0.3 is 5.73 Å². The van der Waals surface area contributed by atoms with Crippen LogP contribution in [0.4, 0.5) is 0 Å². The van der Waals surface area contributed by atoms with Crippen molar-refractivity contribution < 1.29 is 0 Å². The van der Waals surface area contributed by atoms with Crippen molar-refractivity contribution >= 4 is 0 Å². The van der Waals surface area contributed by atoms with Gasteiger partial charge in [-0.1, -0.05) is 20.3 Å². The largest absolute Gasteiger partial charge is 0.328 e. The molecule has 1 rings (SSSR count). The fourth-order valence-electron chi connectivity index (χ4n) is 1.96. The standard InChI is InChI=1S/C10H21N/c1-3-5-10(6-7-10)8-9(11)4-2/h9H,3-8,11H2,1-2H3. The number of rotatable bonds is 5. The highest BCUT2D eigenvalue weighted by molar-refractivity contribution is 4.94. The summed E-state index contributed by atoms with van der Waals surface area (Å²) >= 11 is 0. The van der Waals surface area contributed by atoms with E-state index in [0.29, 0.717) is 11.5 Å². The molecule has 0 bridgehead atoms. The average Bonchev–Trinajstić information content (AvgIpc) is 2.70. The van der Waals surface area contributed by atoms with E-state index in [4.69, 9.17) is 5.73 Å². The van der Waals surface area contributed by atoms with E-state index in [1.54, 1.807) is 0 Å². The van der Waals surface area contributed by atoms with Crippen LogP contribution in [-0.2, 0) is 0 Å². The first-order valence-electron chi connectivity index (χ1n) is 4.98. The van der Waals surface area contributed by atoms with Crippen LogP contribution < -0.4 is 5.73 Å². The van der Waals surface area contributed by atoms with E-state index in [1.165, 1.54) is 32.1 Å². The molecule has 0 heterocycles. The lowest BCUT2D eigenvalue weighted by Gasteiger charge is -2.17. The van der Waals surface area contributed by atoms with Crippen molar-refractivity contribution in [2.75, 3.05) is 0 Å². The zero-order valence-electron chi connectivity index (χ0n) is 7.90. The van der Waals surface area contributed by atoms with Gasteiger partial charge in [-0.25, -0.2) is 0 Å². The third-order valence-electron chi connectivity index (χ3n) is 2.96. The van der Waals surface area contributed by atoms with Gasteiger partial charge in [0.25, 0.3) is 0 Å². The second-order valence-corrected chi connectivity index (χ2v) is 4.12. The molecule has 2 N–H and O–H groups in total. The smallest absolute Gasteiger partial charge is 0.00414 e. The van der Waals surface area contributed by atoms with E-state index >= 15 is 0 Å². The first kappa shape index (κ1) is 9.05. The van der Waals surface area contributed by atoms with Crippen molar-refractivity contribution in [3.8, 4) is 0 Å². The van der Waals surface area contributed by atoms with Crippen LogP contribution in [0.5, 0.6) is 0 Å². The van der Waals surface area contributed by atoms with Crippen LogP contribution in [0.25, 0.3) is 0 Å². The van der Waals surface area contributed by atoms with Gasteiger partial charge in [0.05, 0.1) is 0 Å². The fourth-order valence-corrected chi connectivity index (χ4v) is 1.96. The molecule has 0 aromatic heterocycles. The minimum atomic E-state index is 0.462. The lowest BCUT2D eigenvalue weighted by atomic mass is 9.91. The summed E-state index contributed by atoms with van der Waals surface area (Å²) in [7, 11) is 0. The Labute approximate surface area is 70.4 Å². The van der Waals surface area contributed by atoms with E-state index in [0.717, 1.165) is 6.42 Å². The maximum atomic E-state index is 5.93. The average molecular weight is 155 g/mol. The van der Waals surface area contributed by atoms with Gasteiger partial charge in [-0.05, 0) is 37.5 Å². The number of hydrogen-bond donors (Lipinski definition) is 1. The molecular weight excluding hydrogens is 134 g/mol. The maximum absolute atomic E-state index is 5.93. The normalized spacial score (nSPS) is 23.2. The monoisotopic (exact) mass is 155 g/mol. The van der Waals surface area contributed by atoms with Crippen LogP contribution in [0.3, 0.4) is 0 Å². The first-order valence-corrected chi connectivity index (χ1v) is 4.98. The number of hydrogen-bond acceptors (Lipinski definition) is 1. The predicted molar refractivity (Wildman–Crippen MR) is 49.5 cm³/mol. The first-order chi connectivity index (χ1) is 5.22. The molecule has 1 heteroatoms. The SMILES string of the molecule is CCCC1(CC(N)CC)CC1. The summed E-state index contributed by atoms with van der Waals surface area (Å²) in [5, 5.41) is 0. The molecule has 0 amide bonds. The molecule has 11 heavy (non-hydrogen) atoms. The Bertz CT molecular complexity index is 116. The summed E-state index contributed by atoms with van der Waals surface area (Å²) in [4.78, 5) is 0. The minimum Gasteiger partial charge on any atom is -0.328 e. The van der Waals surface area contributed by atoms with Crippen molar-refractivity contribution in [1.29, 1.82) is 0 Å². The highest BCUT2D eigenvalue weighted by atomic mass is 14.7. The summed E-state index contributed by atoms with van der Waals surface area (Å²) < 4.78 is 0. The van der Waals surface area contributed by atoms with Crippen LogP contribution in [0.15, 0.2) is 0 Å². The molecule has 1 fully saturated rings. The summed E-state index contributed by atoms with van der Waals surface area (Å²) in [6, 6.07) is 0.462. The molecule has 1 aliphatic rings. The molecule has 0 spiro atoms. The summed E-state index contributed by atoms with van der Waals surface area (Å²) in [6.45, 7) is 4.46. The number of nitrogens with two attached hydrogens (primary N) is 1. The molecule has 1 saturated carbocycles. The maximum Gasteiger partial charge on any atom is 0.00414 e. The Balaban J connectivity index is 2.23. The Morgan fingerprint density at radius 2 is 2.00 bits per heavy atom. The molecule has 0 radical (unpaired) electrons. The van der Waals surface area contributed by atoms with E-state index in [2.05, 4.69) is 13.8 Å². The molecule has 1 unspecified atom stereocenters. The molecule has 1 atom stereocenters. The van der Waals surface area contributed by atoms with E-state index < -0.39 is 0 Å². The molecule has 1 aliphatic carbocycles. The quantitative estimate of drug-likeness (QED) is 0.649. The predicted octanol–water partition coefficient (Wildman–Crippen LogP) is 2.69. The summed E-state index contributed by atoms with van der Waals surface area (Å²) in [5.74, 6) is 0. The summed E-state index contributed by atoms with van der Waals surface area (Å²) in [6.07, 6.45) is 8.03. The molecule has 0 aliphatic heterocycles. The van der Waals surface area contributed by atoms with Gasteiger partial charge in [-0.2, -0.15) is 0 Å². The highest BCUT2D eigenvalue weighted by Crippen LogP contribution is 2.53. The third kappa shape index (κ3) is 2.48. The van der Waals surface area contributed by atoms with Crippen molar-refractivity contribution in [2.45, 2.75) is 58.4 Å². The fraction of sp³-hybridized carbons (Fsp3) is 1.00. The van der Waals surface area contributed by atoms with Gasteiger partial charge >= 0.3 is 0 Å². The molecule has 66 valence electrons. The molecular formula is C10H21N. The Kier molecular flexibility index (Phi) is 2.94. The van der Waals surface area contributed by atoms with Crippen LogP contribution in [0.1, 0.15) is 52.4 Å². The van der Waals surface area contributed by atoms with Gasteiger partial charge in [0.1, 0.15) is 0 Å². The Morgan fingerprint density at radius 3 is 2.36 bits per heavy atom. The van der Waals surface area contributed by atoms with Crippen molar-refractivity contribution in [3.05, 3.63) is 0 Å². The van der Waals surface area contributed by atoms with Crippen LogP contribution in [0.2, 0.25) is 0 Å². The van der Waals surface area contributed by atoms with Crippen molar-refractivity contribution in [2.24, 2.45) is 11.1 Å². The second kappa shape index (κ2) is 3.57. The van der Waals surface area contributed by atoms with E-state index in [9.17, 15) is 0 Å². The molecule has 1 nitrogen and oxygen atoms in total. The lowest BCUT2D eigenvalue weighted by Crippen LogP contribution is -2.23. The summed E-state index contributed by atoms with van der Waals surface area (Å²) in [5.41, 5.74) is 6.63. The van der Waals surface area contributed by atoms with Crippen molar-refractivity contribution in [3.63, 3.8) is 0 Å². The van der Waals surface area contributed by atoms with Crippen LogP contribution in [0, 0.1) is 5.41 Å². The molecule has 0 saturated heterocycles. The Morgan fingerprint density at radius 1 is 1.36 bits per heavy atom. The van der Waals surface area contributed by atoms with Gasteiger partial charge in [0.2, 0.25) is 0 Å². The van der Waals surface area contributed by atoms with Crippen LogP contribution >= 0.6 is 0 Å². The second-order valence-electron chi connectivity index (χ2n) is 4.12. The van der Waals surface area contributed by atoms with Gasteiger partial charge in [-0.15, -0.1) is 0 Å². The molecule has 0 aromatic rings. The van der Waals surface area contributed by atoms with E-state index in [1.807, 2.05) is 0 Å². The zero-order valence-corrected chi connectivity index (χ0v) is 7.90. The van der Waals surface area contributed by atoms with Crippen LogP contribution in [-0.4, -0.2) is 6.04 Å². The van der Waals surface area contributed by atoms with Gasteiger partial charge in [0, 0.05) is 6.04 Å². The highest BCUT2D eigenvalue weighted by Gasteiger charge is 2.41. The minimum absolute atomic E-state index is 0.462. The zero-order chi connectivity index (χ0) is 8.32. The van der Waals surface area contributed by atoms with Gasteiger partial charge in [-0.3, -0.25) is 0 Å².